The topological polar surface area (TPSA) is 42.9 Å². The van der Waals surface area contributed by atoms with E-state index in [1.54, 1.807) is 19.2 Å². The zero-order valence-corrected chi connectivity index (χ0v) is 18.8. The van der Waals surface area contributed by atoms with E-state index in [0.29, 0.717) is 13.0 Å². The average Bonchev–Trinajstić information content (AvgIpc) is 2.78. The van der Waals surface area contributed by atoms with E-state index < -0.39 is 11.7 Å². The van der Waals surface area contributed by atoms with Gasteiger partial charge in [0.1, 0.15) is 0 Å². The number of hydrogen-bond donors (Lipinski definition) is 2. The average molecular weight is 440 g/mol. The molecule has 0 aliphatic carbocycles. The van der Waals surface area contributed by atoms with Gasteiger partial charge in [0.15, 0.2) is 5.96 Å². The first-order valence-electron chi connectivity index (χ1n) is 11.4. The molecule has 0 atom stereocenters. The summed E-state index contributed by atoms with van der Waals surface area (Å²) in [7, 11) is 3.95. The van der Waals surface area contributed by atoms with Gasteiger partial charge in [0.25, 0.3) is 0 Å². The normalized spacial score (nSPS) is 21.1. The van der Waals surface area contributed by atoms with Gasteiger partial charge in [-0.3, -0.25) is 9.89 Å². The molecule has 0 spiro atoms. The summed E-state index contributed by atoms with van der Waals surface area (Å²) >= 11 is 0. The molecule has 3 rings (SSSR count). The molecule has 1 aromatic carbocycles. The van der Waals surface area contributed by atoms with E-state index in [1.807, 2.05) is 0 Å². The molecule has 0 unspecified atom stereocenters. The highest BCUT2D eigenvalue weighted by molar-refractivity contribution is 5.79. The standard InChI is InChI=1S/C23H36F3N5/c1-27-21(28-13-10-19-6-8-20(9-7-19)23(24,25)26)29-18-22(11-16-30(2)17-12-22)31-14-4-3-5-15-31/h6-9H,3-5,10-18H2,1-2H3,(H2,27,28,29). The fourth-order valence-corrected chi connectivity index (χ4v) is 4.66. The molecule has 0 bridgehead atoms. The van der Waals surface area contributed by atoms with Crippen molar-refractivity contribution in [3.05, 3.63) is 35.4 Å². The number of nitrogens with zero attached hydrogens (tertiary/aromatic N) is 3. The summed E-state index contributed by atoms with van der Waals surface area (Å²) in [6, 6.07) is 5.38. The van der Waals surface area contributed by atoms with Crippen molar-refractivity contribution >= 4 is 5.96 Å². The number of guanidine groups is 1. The van der Waals surface area contributed by atoms with Gasteiger partial charge in [-0.2, -0.15) is 13.2 Å². The fraction of sp³-hybridized carbons (Fsp3) is 0.696. The lowest BCUT2D eigenvalue weighted by Crippen LogP contribution is -2.62. The maximum absolute atomic E-state index is 12.7. The van der Waals surface area contributed by atoms with Crippen molar-refractivity contribution in [2.45, 2.75) is 50.2 Å². The summed E-state index contributed by atoms with van der Waals surface area (Å²) in [5, 5.41) is 6.86. The highest BCUT2D eigenvalue weighted by atomic mass is 19.4. The summed E-state index contributed by atoms with van der Waals surface area (Å²) in [5.41, 5.74) is 0.428. The number of hydrogen-bond acceptors (Lipinski definition) is 3. The Morgan fingerprint density at radius 3 is 2.23 bits per heavy atom. The van der Waals surface area contributed by atoms with Crippen LogP contribution >= 0.6 is 0 Å². The van der Waals surface area contributed by atoms with Crippen molar-refractivity contribution < 1.29 is 13.2 Å². The van der Waals surface area contributed by atoms with Gasteiger partial charge in [-0.1, -0.05) is 18.6 Å². The monoisotopic (exact) mass is 439 g/mol. The fourth-order valence-electron chi connectivity index (χ4n) is 4.66. The van der Waals surface area contributed by atoms with Crippen LogP contribution in [0.2, 0.25) is 0 Å². The Hall–Kier alpha value is -1.80. The van der Waals surface area contributed by atoms with Crippen molar-refractivity contribution in [1.82, 2.24) is 20.4 Å². The SMILES string of the molecule is CN=C(NCCc1ccc(C(F)(F)F)cc1)NCC1(N2CCCCC2)CCN(C)CC1. The second-order valence-corrected chi connectivity index (χ2v) is 8.87. The van der Waals surface area contributed by atoms with Crippen LogP contribution in [0.3, 0.4) is 0 Å². The minimum atomic E-state index is -4.29. The maximum atomic E-state index is 12.7. The summed E-state index contributed by atoms with van der Waals surface area (Å²) in [6.45, 7) is 6.04. The molecule has 0 saturated carbocycles. The highest BCUT2D eigenvalue weighted by Gasteiger charge is 2.39. The summed E-state index contributed by atoms with van der Waals surface area (Å²) in [4.78, 5) is 9.45. The van der Waals surface area contributed by atoms with Crippen molar-refractivity contribution in [2.24, 2.45) is 4.99 Å². The Morgan fingerprint density at radius 1 is 1.00 bits per heavy atom. The van der Waals surface area contributed by atoms with Crippen LogP contribution in [-0.4, -0.2) is 74.7 Å². The maximum Gasteiger partial charge on any atom is 0.416 e. The van der Waals surface area contributed by atoms with E-state index in [9.17, 15) is 13.2 Å². The number of piperidine rings is 2. The van der Waals surface area contributed by atoms with Crippen LogP contribution in [0.5, 0.6) is 0 Å². The van der Waals surface area contributed by atoms with Gasteiger partial charge in [-0.25, -0.2) is 0 Å². The predicted molar refractivity (Wildman–Crippen MR) is 119 cm³/mol. The number of nitrogens with one attached hydrogen (secondary N) is 2. The lowest BCUT2D eigenvalue weighted by Gasteiger charge is -2.50. The molecule has 8 heteroatoms. The molecule has 174 valence electrons. The third-order valence-electron chi connectivity index (χ3n) is 6.74. The first-order chi connectivity index (χ1) is 14.8. The lowest BCUT2D eigenvalue weighted by molar-refractivity contribution is -0.137. The molecule has 31 heavy (non-hydrogen) atoms. The van der Waals surface area contributed by atoms with Crippen LogP contribution in [0, 0.1) is 0 Å². The Labute approximate surface area is 184 Å². The minimum absolute atomic E-state index is 0.165. The van der Waals surface area contributed by atoms with Gasteiger partial charge in [0.05, 0.1) is 5.56 Å². The predicted octanol–water partition coefficient (Wildman–Crippen LogP) is 3.36. The third-order valence-corrected chi connectivity index (χ3v) is 6.74. The quantitative estimate of drug-likeness (QED) is 0.527. The smallest absolute Gasteiger partial charge is 0.356 e. The van der Waals surface area contributed by atoms with Gasteiger partial charge >= 0.3 is 6.18 Å². The zero-order valence-electron chi connectivity index (χ0n) is 18.8. The molecule has 2 saturated heterocycles. The van der Waals surface area contributed by atoms with Gasteiger partial charge < -0.3 is 15.5 Å². The number of likely N-dealkylation sites (tertiary alicyclic amines) is 2. The number of halogens is 3. The Bertz CT molecular complexity index is 703. The van der Waals surface area contributed by atoms with E-state index in [4.69, 9.17) is 0 Å². The number of rotatable bonds is 6. The summed E-state index contributed by atoms with van der Waals surface area (Å²) < 4.78 is 38.1. The molecule has 1 aromatic rings. The molecular formula is C23H36F3N5. The van der Waals surface area contributed by atoms with Gasteiger partial charge in [0.2, 0.25) is 0 Å². The van der Waals surface area contributed by atoms with Crippen LogP contribution in [0.1, 0.15) is 43.2 Å². The number of benzene rings is 1. The Balaban J connectivity index is 1.51. The molecular weight excluding hydrogens is 403 g/mol. The van der Waals surface area contributed by atoms with E-state index in [1.165, 1.54) is 32.4 Å². The van der Waals surface area contributed by atoms with Crippen LogP contribution in [0.25, 0.3) is 0 Å². The van der Waals surface area contributed by atoms with Crippen LogP contribution in [0.4, 0.5) is 13.2 Å². The first-order valence-corrected chi connectivity index (χ1v) is 11.4. The van der Waals surface area contributed by atoms with E-state index >= 15 is 0 Å². The minimum Gasteiger partial charge on any atom is -0.356 e. The van der Waals surface area contributed by atoms with E-state index in [0.717, 1.165) is 56.1 Å². The molecule has 2 aliphatic heterocycles. The number of aliphatic imine (C=N–C) groups is 1. The van der Waals surface area contributed by atoms with Gasteiger partial charge in [0, 0.05) is 25.7 Å². The second-order valence-electron chi connectivity index (χ2n) is 8.87. The molecule has 2 aliphatic rings. The van der Waals surface area contributed by atoms with Crippen molar-refractivity contribution in [3.8, 4) is 0 Å². The van der Waals surface area contributed by atoms with E-state index in [2.05, 4.69) is 32.5 Å². The summed E-state index contributed by atoms with van der Waals surface area (Å²) in [6.07, 6.45) is 2.53. The summed E-state index contributed by atoms with van der Waals surface area (Å²) in [5.74, 6) is 0.752. The second kappa shape index (κ2) is 10.7. The van der Waals surface area contributed by atoms with Crippen molar-refractivity contribution in [2.75, 3.05) is 53.4 Å². The Morgan fingerprint density at radius 2 is 1.65 bits per heavy atom. The van der Waals surface area contributed by atoms with Gasteiger partial charge in [-0.15, -0.1) is 0 Å². The molecule has 2 heterocycles. The van der Waals surface area contributed by atoms with Crippen molar-refractivity contribution in [1.29, 1.82) is 0 Å². The molecule has 0 amide bonds. The third kappa shape index (κ3) is 6.59. The lowest BCUT2D eigenvalue weighted by atomic mass is 9.84. The van der Waals surface area contributed by atoms with Gasteiger partial charge in [-0.05, 0) is 83.0 Å². The Kier molecular flexibility index (Phi) is 8.22. The van der Waals surface area contributed by atoms with Crippen LogP contribution in [0.15, 0.2) is 29.3 Å². The zero-order chi connectivity index (χ0) is 22.3. The van der Waals surface area contributed by atoms with Crippen LogP contribution in [-0.2, 0) is 12.6 Å². The van der Waals surface area contributed by atoms with Crippen molar-refractivity contribution in [3.63, 3.8) is 0 Å². The first kappa shape index (κ1) is 23.9. The molecule has 5 nitrogen and oxygen atoms in total. The molecule has 0 aromatic heterocycles. The number of alkyl halides is 3. The molecule has 2 N–H and O–H groups in total. The van der Waals surface area contributed by atoms with Crippen LogP contribution < -0.4 is 10.6 Å². The molecule has 0 radical (unpaired) electrons. The molecule has 2 fully saturated rings. The highest BCUT2D eigenvalue weighted by Crippen LogP contribution is 2.31. The largest absolute Gasteiger partial charge is 0.416 e. The van der Waals surface area contributed by atoms with E-state index in [-0.39, 0.29) is 5.54 Å².